The van der Waals surface area contributed by atoms with Crippen LogP contribution in [-0.4, -0.2) is 18.4 Å². The summed E-state index contributed by atoms with van der Waals surface area (Å²) in [7, 11) is -3.69. The molecular weight excluding hydrogens is 266 g/mol. The van der Waals surface area contributed by atoms with Crippen LogP contribution in [0.5, 0.6) is 5.75 Å². The first-order chi connectivity index (χ1) is 8.97. The highest BCUT2D eigenvalue weighted by Crippen LogP contribution is 2.21. The van der Waals surface area contributed by atoms with Gasteiger partial charge in [-0.05, 0) is 36.8 Å². The fraction of sp³-hybridized carbons (Fsp3) is 0.167. The number of nitrogens with zero attached hydrogens (tertiary/aromatic N) is 2. The van der Waals surface area contributed by atoms with Crippen molar-refractivity contribution in [3.8, 4) is 5.75 Å². The molecule has 0 atom stereocenters. The maximum atomic E-state index is 11.2. The van der Waals surface area contributed by atoms with Crippen LogP contribution < -0.4 is 9.88 Å². The lowest BCUT2D eigenvalue weighted by Crippen LogP contribution is -2.12. The molecule has 19 heavy (non-hydrogen) atoms. The molecule has 0 saturated carbocycles. The number of rotatable bonds is 4. The highest BCUT2D eigenvalue weighted by Gasteiger charge is 2.10. The van der Waals surface area contributed by atoms with E-state index in [2.05, 4.69) is 9.97 Å². The Morgan fingerprint density at radius 1 is 1.26 bits per heavy atom. The minimum Gasteiger partial charge on any atom is -0.485 e. The smallest absolute Gasteiger partial charge is 0.238 e. The summed E-state index contributed by atoms with van der Waals surface area (Å²) in [6.45, 7) is 1.96. The zero-order valence-electron chi connectivity index (χ0n) is 10.3. The molecule has 0 aliphatic heterocycles. The van der Waals surface area contributed by atoms with Gasteiger partial charge >= 0.3 is 0 Å². The third-order valence-corrected chi connectivity index (χ3v) is 3.36. The van der Waals surface area contributed by atoms with Crippen LogP contribution >= 0.6 is 0 Å². The van der Waals surface area contributed by atoms with E-state index in [4.69, 9.17) is 9.88 Å². The van der Waals surface area contributed by atoms with Crippen molar-refractivity contribution in [2.45, 2.75) is 18.4 Å². The van der Waals surface area contributed by atoms with E-state index in [1.54, 1.807) is 31.5 Å². The Bertz CT molecular complexity index is 672. The van der Waals surface area contributed by atoms with Gasteiger partial charge in [-0.15, -0.1) is 0 Å². The molecule has 1 aromatic heterocycles. The molecule has 0 unspecified atom stereocenters. The van der Waals surface area contributed by atoms with E-state index < -0.39 is 10.0 Å². The van der Waals surface area contributed by atoms with Gasteiger partial charge in [-0.3, -0.25) is 0 Å². The first-order valence-electron chi connectivity index (χ1n) is 5.49. The number of sulfonamides is 1. The second-order valence-electron chi connectivity index (χ2n) is 3.93. The van der Waals surface area contributed by atoms with E-state index in [-0.39, 0.29) is 11.5 Å². The lowest BCUT2D eigenvalue weighted by atomic mass is 10.2. The summed E-state index contributed by atoms with van der Waals surface area (Å²) in [5.41, 5.74) is 0.683. The van der Waals surface area contributed by atoms with Crippen molar-refractivity contribution >= 4 is 10.0 Å². The van der Waals surface area contributed by atoms with Gasteiger partial charge < -0.3 is 4.74 Å². The number of benzene rings is 1. The second kappa shape index (κ2) is 5.33. The standard InChI is InChI=1S/C12H13N3O3S/c1-9-7-10(19(13,16)17)3-4-11(9)18-8-12-14-5-2-6-15-12/h2-7H,8H2,1H3,(H2,13,16,17). The van der Waals surface area contributed by atoms with Gasteiger partial charge in [0.2, 0.25) is 10.0 Å². The topological polar surface area (TPSA) is 95.2 Å². The Labute approximate surface area is 111 Å². The van der Waals surface area contributed by atoms with Crippen molar-refractivity contribution in [2.24, 2.45) is 5.14 Å². The number of hydrogen-bond acceptors (Lipinski definition) is 5. The lowest BCUT2D eigenvalue weighted by Gasteiger charge is -2.09. The Morgan fingerprint density at radius 3 is 2.53 bits per heavy atom. The summed E-state index contributed by atoms with van der Waals surface area (Å²) in [6.07, 6.45) is 3.26. The molecule has 2 aromatic rings. The lowest BCUT2D eigenvalue weighted by molar-refractivity contribution is 0.293. The molecule has 1 heterocycles. The van der Waals surface area contributed by atoms with Crippen molar-refractivity contribution < 1.29 is 13.2 Å². The van der Waals surface area contributed by atoms with Gasteiger partial charge in [-0.2, -0.15) is 0 Å². The van der Waals surface area contributed by atoms with Crippen molar-refractivity contribution in [3.63, 3.8) is 0 Å². The quantitative estimate of drug-likeness (QED) is 0.901. The van der Waals surface area contributed by atoms with E-state index in [1.165, 1.54) is 12.1 Å². The van der Waals surface area contributed by atoms with Crippen molar-refractivity contribution in [1.82, 2.24) is 9.97 Å². The van der Waals surface area contributed by atoms with Gasteiger partial charge in [0.05, 0.1) is 4.90 Å². The third-order valence-electron chi connectivity index (χ3n) is 2.45. The Balaban J connectivity index is 2.14. The monoisotopic (exact) mass is 279 g/mol. The molecule has 0 amide bonds. The van der Waals surface area contributed by atoms with Crippen LogP contribution in [0.3, 0.4) is 0 Å². The van der Waals surface area contributed by atoms with Crippen LogP contribution in [0.25, 0.3) is 0 Å². The maximum absolute atomic E-state index is 11.2. The van der Waals surface area contributed by atoms with Crippen molar-refractivity contribution in [3.05, 3.63) is 48.0 Å². The molecule has 0 aliphatic carbocycles. The Kier molecular flexibility index (Phi) is 3.77. The van der Waals surface area contributed by atoms with E-state index in [0.717, 1.165) is 0 Å². The normalized spacial score (nSPS) is 11.3. The zero-order valence-corrected chi connectivity index (χ0v) is 11.1. The van der Waals surface area contributed by atoms with Crippen molar-refractivity contribution in [1.29, 1.82) is 0 Å². The fourth-order valence-electron chi connectivity index (χ4n) is 1.51. The molecule has 2 N–H and O–H groups in total. The Morgan fingerprint density at radius 2 is 1.95 bits per heavy atom. The average Bonchev–Trinajstić information content (AvgIpc) is 2.37. The first kappa shape index (κ1) is 13.4. The van der Waals surface area contributed by atoms with Crippen LogP contribution in [-0.2, 0) is 16.6 Å². The average molecular weight is 279 g/mol. The number of aromatic nitrogens is 2. The maximum Gasteiger partial charge on any atom is 0.238 e. The number of ether oxygens (including phenoxy) is 1. The molecule has 0 bridgehead atoms. The second-order valence-corrected chi connectivity index (χ2v) is 5.49. The van der Waals surface area contributed by atoms with Gasteiger partial charge in [0.1, 0.15) is 12.4 Å². The van der Waals surface area contributed by atoms with Gasteiger partial charge in [0, 0.05) is 12.4 Å². The predicted molar refractivity (Wildman–Crippen MR) is 68.9 cm³/mol. The highest BCUT2D eigenvalue weighted by atomic mass is 32.2. The predicted octanol–water partition coefficient (Wildman–Crippen LogP) is 1.01. The number of nitrogens with two attached hydrogens (primary N) is 1. The molecule has 0 saturated heterocycles. The molecular formula is C12H13N3O3S. The van der Waals surface area contributed by atoms with E-state index >= 15 is 0 Å². The molecule has 0 fully saturated rings. The summed E-state index contributed by atoms with van der Waals surface area (Å²) in [4.78, 5) is 8.12. The van der Waals surface area contributed by atoms with Gasteiger partial charge in [0.15, 0.2) is 5.82 Å². The summed E-state index contributed by atoms with van der Waals surface area (Å²) >= 11 is 0. The minimum atomic E-state index is -3.69. The summed E-state index contributed by atoms with van der Waals surface area (Å²) in [5.74, 6) is 1.12. The minimum absolute atomic E-state index is 0.0633. The van der Waals surface area contributed by atoms with Crippen molar-refractivity contribution in [2.75, 3.05) is 0 Å². The number of hydrogen-bond donors (Lipinski definition) is 1. The number of primary sulfonamides is 1. The SMILES string of the molecule is Cc1cc(S(N)(=O)=O)ccc1OCc1ncccn1. The fourth-order valence-corrected chi connectivity index (χ4v) is 2.11. The molecule has 0 spiro atoms. The molecule has 7 heteroatoms. The number of aryl methyl sites for hydroxylation is 1. The largest absolute Gasteiger partial charge is 0.485 e. The van der Waals surface area contributed by atoms with E-state index in [9.17, 15) is 8.42 Å². The van der Waals surface area contributed by atoms with Crippen LogP contribution in [0.1, 0.15) is 11.4 Å². The zero-order chi connectivity index (χ0) is 13.9. The molecule has 0 aliphatic rings. The summed E-state index contributed by atoms with van der Waals surface area (Å²) in [6, 6.07) is 6.16. The first-order valence-corrected chi connectivity index (χ1v) is 7.03. The summed E-state index contributed by atoms with van der Waals surface area (Å²) < 4.78 is 27.9. The highest BCUT2D eigenvalue weighted by molar-refractivity contribution is 7.89. The molecule has 100 valence electrons. The van der Waals surface area contributed by atoms with Crippen LogP contribution in [0.4, 0.5) is 0 Å². The van der Waals surface area contributed by atoms with E-state index in [1.807, 2.05) is 0 Å². The molecule has 2 rings (SSSR count). The van der Waals surface area contributed by atoms with E-state index in [0.29, 0.717) is 17.1 Å². The van der Waals surface area contributed by atoms with Gasteiger partial charge in [-0.25, -0.2) is 23.5 Å². The molecule has 1 aromatic carbocycles. The van der Waals surface area contributed by atoms with Gasteiger partial charge in [0.25, 0.3) is 0 Å². The summed E-state index contributed by atoms with van der Waals surface area (Å²) in [5, 5.41) is 5.05. The van der Waals surface area contributed by atoms with Crippen LogP contribution in [0, 0.1) is 6.92 Å². The van der Waals surface area contributed by atoms with Crippen LogP contribution in [0.15, 0.2) is 41.6 Å². The molecule has 6 nitrogen and oxygen atoms in total. The molecule has 0 radical (unpaired) electrons. The van der Waals surface area contributed by atoms with Crippen LogP contribution in [0.2, 0.25) is 0 Å². The third kappa shape index (κ3) is 3.49. The Hall–Kier alpha value is -1.99. The van der Waals surface area contributed by atoms with Gasteiger partial charge in [-0.1, -0.05) is 0 Å².